The Morgan fingerprint density at radius 2 is 2.09 bits per heavy atom. The first-order valence-electron chi connectivity index (χ1n) is 7.23. The molecule has 1 aliphatic carbocycles. The number of hydrogen-bond acceptors (Lipinski definition) is 5. The molecule has 2 heterocycles. The van der Waals surface area contributed by atoms with Gasteiger partial charge >= 0.3 is 0 Å². The molecule has 2 aliphatic rings. The van der Waals surface area contributed by atoms with Crippen molar-refractivity contribution in [3.05, 3.63) is 47.8 Å². The van der Waals surface area contributed by atoms with Crippen LogP contribution in [0.1, 0.15) is 16.1 Å². The molecule has 0 saturated heterocycles. The SMILES string of the molecule is COc1cccc2c1-c1c3c(cc4ccnc(c14)C2=O)OCO3. The summed E-state index contributed by atoms with van der Waals surface area (Å²) in [6, 6.07) is 9.20. The van der Waals surface area contributed by atoms with Gasteiger partial charge in [-0.3, -0.25) is 9.78 Å². The first-order valence-corrected chi connectivity index (χ1v) is 7.23. The Balaban J connectivity index is 2.05. The molecule has 0 unspecified atom stereocenters. The molecule has 2 aromatic carbocycles. The van der Waals surface area contributed by atoms with Gasteiger partial charge in [0.1, 0.15) is 11.4 Å². The Labute approximate surface area is 131 Å². The zero-order valence-electron chi connectivity index (χ0n) is 12.3. The first-order chi connectivity index (χ1) is 11.3. The minimum Gasteiger partial charge on any atom is -0.496 e. The molecule has 5 heteroatoms. The maximum absolute atomic E-state index is 12.9. The summed E-state index contributed by atoms with van der Waals surface area (Å²) < 4.78 is 16.8. The fourth-order valence-electron chi connectivity index (χ4n) is 3.39. The fourth-order valence-corrected chi connectivity index (χ4v) is 3.39. The Bertz CT molecular complexity index is 1010. The van der Waals surface area contributed by atoms with Crippen molar-refractivity contribution in [1.29, 1.82) is 0 Å². The lowest BCUT2D eigenvalue weighted by Gasteiger charge is -2.22. The van der Waals surface area contributed by atoms with Crippen molar-refractivity contribution in [3.63, 3.8) is 0 Å². The average molecular weight is 305 g/mol. The summed E-state index contributed by atoms with van der Waals surface area (Å²) in [6.07, 6.45) is 1.65. The number of ketones is 1. The predicted octanol–water partition coefficient (Wildman–Crippen LogP) is 3.18. The van der Waals surface area contributed by atoms with Crippen molar-refractivity contribution in [3.8, 4) is 28.4 Å². The van der Waals surface area contributed by atoms with Crippen molar-refractivity contribution < 1.29 is 19.0 Å². The highest BCUT2D eigenvalue weighted by molar-refractivity contribution is 6.26. The van der Waals surface area contributed by atoms with E-state index in [1.54, 1.807) is 25.4 Å². The summed E-state index contributed by atoms with van der Waals surface area (Å²) in [6.45, 7) is 0.167. The summed E-state index contributed by atoms with van der Waals surface area (Å²) in [7, 11) is 1.59. The quantitative estimate of drug-likeness (QED) is 0.540. The molecule has 112 valence electrons. The second kappa shape index (κ2) is 4.23. The summed E-state index contributed by atoms with van der Waals surface area (Å²) in [4.78, 5) is 17.2. The number of rotatable bonds is 1. The van der Waals surface area contributed by atoms with Gasteiger partial charge in [-0.05, 0) is 23.6 Å². The molecule has 0 bridgehead atoms. The second-order valence-electron chi connectivity index (χ2n) is 5.45. The minimum atomic E-state index is -0.101. The molecule has 0 atom stereocenters. The monoisotopic (exact) mass is 305 g/mol. The highest BCUT2D eigenvalue weighted by Gasteiger charge is 2.34. The summed E-state index contributed by atoms with van der Waals surface area (Å²) >= 11 is 0. The molecule has 5 nitrogen and oxygen atoms in total. The number of hydrogen-bond donors (Lipinski definition) is 0. The molecule has 0 spiro atoms. The van der Waals surface area contributed by atoms with Gasteiger partial charge < -0.3 is 14.2 Å². The molecule has 5 rings (SSSR count). The third-order valence-electron chi connectivity index (χ3n) is 4.34. The normalized spacial score (nSPS) is 14.0. The van der Waals surface area contributed by atoms with Crippen LogP contribution < -0.4 is 14.2 Å². The number of fused-ring (bicyclic) bond motifs is 4. The number of benzene rings is 2. The third-order valence-corrected chi connectivity index (χ3v) is 4.34. The smallest absolute Gasteiger partial charge is 0.231 e. The summed E-state index contributed by atoms with van der Waals surface area (Å²) in [5.74, 6) is 1.85. The van der Waals surface area contributed by atoms with E-state index in [0.717, 1.165) is 21.9 Å². The molecule has 0 saturated carbocycles. The Morgan fingerprint density at radius 1 is 1.17 bits per heavy atom. The van der Waals surface area contributed by atoms with E-state index in [1.165, 1.54) is 0 Å². The summed E-state index contributed by atoms with van der Waals surface area (Å²) in [5, 5.41) is 1.69. The van der Waals surface area contributed by atoms with Gasteiger partial charge in [0.05, 0.1) is 7.11 Å². The van der Waals surface area contributed by atoms with Crippen molar-refractivity contribution in [2.45, 2.75) is 0 Å². The third kappa shape index (κ3) is 1.46. The van der Waals surface area contributed by atoms with E-state index in [4.69, 9.17) is 14.2 Å². The number of nitrogens with zero attached hydrogens (tertiary/aromatic N) is 1. The zero-order chi connectivity index (χ0) is 15.6. The van der Waals surface area contributed by atoms with Gasteiger partial charge in [-0.2, -0.15) is 0 Å². The standard InChI is InChI=1S/C18H11NO4/c1-21-11-4-2-3-10-14(11)15-13-9(5-6-19-16(13)17(10)20)7-12-18(15)23-8-22-12/h2-7H,8H2,1H3. The van der Waals surface area contributed by atoms with Gasteiger partial charge in [0.2, 0.25) is 12.6 Å². The van der Waals surface area contributed by atoms with Crippen molar-refractivity contribution in [2.75, 3.05) is 13.9 Å². The Hall–Kier alpha value is -3.08. The molecule has 3 aromatic rings. The first kappa shape index (κ1) is 12.5. The lowest BCUT2D eigenvalue weighted by molar-refractivity contribution is 0.103. The number of pyridine rings is 1. The van der Waals surface area contributed by atoms with Crippen LogP contribution in [0.25, 0.3) is 21.9 Å². The maximum Gasteiger partial charge on any atom is 0.231 e. The Morgan fingerprint density at radius 3 is 2.96 bits per heavy atom. The van der Waals surface area contributed by atoms with Gasteiger partial charge in [-0.15, -0.1) is 0 Å². The van der Waals surface area contributed by atoms with E-state index in [0.29, 0.717) is 28.5 Å². The van der Waals surface area contributed by atoms with Crippen molar-refractivity contribution >= 4 is 16.6 Å². The van der Waals surface area contributed by atoms with Gasteiger partial charge in [0, 0.05) is 28.3 Å². The minimum absolute atomic E-state index is 0.101. The highest BCUT2D eigenvalue weighted by Crippen LogP contribution is 2.52. The largest absolute Gasteiger partial charge is 0.496 e. The van der Waals surface area contributed by atoms with Crippen LogP contribution in [0.4, 0.5) is 0 Å². The van der Waals surface area contributed by atoms with Gasteiger partial charge in [-0.25, -0.2) is 0 Å². The van der Waals surface area contributed by atoms with Crippen LogP contribution in [-0.4, -0.2) is 24.7 Å². The molecular formula is C18H11NO4. The van der Waals surface area contributed by atoms with Gasteiger partial charge in [0.25, 0.3) is 0 Å². The topological polar surface area (TPSA) is 57.7 Å². The molecule has 1 aromatic heterocycles. The number of aromatic nitrogens is 1. The van der Waals surface area contributed by atoms with Crippen LogP contribution in [0.15, 0.2) is 36.5 Å². The highest BCUT2D eigenvalue weighted by atomic mass is 16.7. The molecule has 23 heavy (non-hydrogen) atoms. The molecule has 0 N–H and O–H groups in total. The Kier molecular flexibility index (Phi) is 2.29. The predicted molar refractivity (Wildman–Crippen MR) is 83.3 cm³/mol. The van der Waals surface area contributed by atoms with E-state index < -0.39 is 0 Å². The van der Waals surface area contributed by atoms with Crippen LogP contribution in [0.2, 0.25) is 0 Å². The fraction of sp³-hybridized carbons (Fsp3) is 0.111. The van der Waals surface area contributed by atoms with Gasteiger partial charge in [-0.1, -0.05) is 12.1 Å². The van der Waals surface area contributed by atoms with Crippen molar-refractivity contribution in [2.24, 2.45) is 0 Å². The van der Waals surface area contributed by atoms with Crippen LogP contribution in [0.3, 0.4) is 0 Å². The number of methoxy groups -OCH3 is 1. The van der Waals surface area contributed by atoms with E-state index in [-0.39, 0.29) is 12.6 Å². The van der Waals surface area contributed by atoms with E-state index in [9.17, 15) is 4.79 Å². The number of ether oxygens (including phenoxy) is 3. The van der Waals surface area contributed by atoms with E-state index >= 15 is 0 Å². The second-order valence-corrected chi connectivity index (χ2v) is 5.45. The lowest BCUT2D eigenvalue weighted by atomic mass is 9.84. The molecule has 1 aliphatic heterocycles. The van der Waals surface area contributed by atoms with E-state index in [1.807, 2.05) is 18.2 Å². The van der Waals surface area contributed by atoms with Crippen LogP contribution in [0.5, 0.6) is 17.2 Å². The number of carbonyl (C=O) groups excluding carboxylic acids is 1. The molecular weight excluding hydrogens is 294 g/mol. The maximum atomic E-state index is 12.9. The zero-order valence-corrected chi connectivity index (χ0v) is 12.3. The van der Waals surface area contributed by atoms with Gasteiger partial charge in [0.15, 0.2) is 11.5 Å². The van der Waals surface area contributed by atoms with E-state index in [2.05, 4.69) is 4.98 Å². The molecule has 0 radical (unpaired) electrons. The lowest BCUT2D eigenvalue weighted by Crippen LogP contribution is -2.13. The van der Waals surface area contributed by atoms with Crippen molar-refractivity contribution in [1.82, 2.24) is 4.98 Å². The summed E-state index contributed by atoms with van der Waals surface area (Å²) in [5.41, 5.74) is 2.58. The van der Waals surface area contributed by atoms with Crippen LogP contribution >= 0.6 is 0 Å². The average Bonchev–Trinajstić information content (AvgIpc) is 3.05. The van der Waals surface area contributed by atoms with Crippen LogP contribution in [0, 0.1) is 0 Å². The molecule has 0 fully saturated rings. The number of carbonyl (C=O) groups is 1. The molecule has 0 amide bonds. The van der Waals surface area contributed by atoms with Crippen LogP contribution in [-0.2, 0) is 0 Å².